The maximum atomic E-state index is 11.0. The molecular weight excluding hydrogens is 345 g/mol. The molecule has 0 aliphatic carbocycles. The second-order valence-corrected chi connectivity index (χ2v) is 6.55. The molecule has 0 saturated heterocycles. The van der Waals surface area contributed by atoms with Crippen LogP contribution in [0.25, 0.3) is 21.9 Å². The summed E-state index contributed by atoms with van der Waals surface area (Å²) < 4.78 is 29.2. The second-order valence-electron chi connectivity index (χ2n) is 5.61. The normalized spacial score (nSPS) is 11.0. The van der Waals surface area contributed by atoms with Crippen molar-refractivity contribution in [2.45, 2.75) is 11.4 Å². The van der Waals surface area contributed by atoms with Crippen LogP contribution in [0.15, 0.2) is 59.8 Å². The van der Waals surface area contributed by atoms with Gasteiger partial charge in [0.05, 0.1) is 12.6 Å². The molecule has 0 aliphatic rings. The van der Waals surface area contributed by atoms with Crippen molar-refractivity contribution in [3.63, 3.8) is 0 Å². The SMILES string of the molecule is COc1ccc2c(ncc3ccn(Cc4ccc([S-](=O)=O)cc4)c32)n1.[Li+]. The van der Waals surface area contributed by atoms with E-state index in [1.54, 1.807) is 25.4 Å². The zero-order valence-electron chi connectivity index (χ0n) is 14.4. The van der Waals surface area contributed by atoms with Crippen LogP contribution in [0.4, 0.5) is 0 Å². The van der Waals surface area contributed by atoms with Crippen LogP contribution in [-0.4, -0.2) is 21.6 Å². The van der Waals surface area contributed by atoms with Gasteiger partial charge in [0, 0.05) is 35.8 Å². The average molecular weight is 359 g/mol. The fraction of sp³-hybridized carbons (Fsp3) is 0.111. The molecule has 0 amide bonds. The summed E-state index contributed by atoms with van der Waals surface area (Å²) in [7, 11) is -0.628. The Morgan fingerprint density at radius 1 is 1.08 bits per heavy atom. The number of hydrogen-bond donors (Lipinski definition) is 0. The Balaban J connectivity index is 0.00000196. The quantitative estimate of drug-likeness (QED) is 0.387. The van der Waals surface area contributed by atoms with E-state index in [0.29, 0.717) is 18.1 Å². The Bertz CT molecular complexity index is 1150. The molecule has 0 spiro atoms. The molecule has 4 rings (SSSR count). The molecule has 0 bridgehead atoms. The van der Waals surface area contributed by atoms with E-state index >= 15 is 0 Å². The summed E-state index contributed by atoms with van der Waals surface area (Å²) in [5.41, 5.74) is 2.68. The molecule has 1 aromatic carbocycles. The number of fused-ring (bicyclic) bond motifs is 3. The largest absolute Gasteiger partial charge is 1.00 e. The van der Waals surface area contributed by atoms with Crippen molar-refractivity contribution < 1.29 is 32.0 Å². The van der Waals surface area contributed by atoms with Gasteiger partial charge in [0.25, 0.3) is 0 Å². The van der Waals surface area contributed by atoms with Gasteiger partial charge in [-0.15, -0.1) is 0 Å². The van der Waals surface area contributed by atoms with Gasteiger partial charge in [-0.05, 0) is 28.4 Å². The number of pyridine rings is 2. The molecule has 126 valence electrons. The summed E-state index contributed by atoms with van der Waals surface area (Å²) in [4.78, 5) is 9.07. The zero-order chi connectivity index (χ0) is 17.4. The summed E-state index contributed by atoms with van der Waals surface area (Å²) in [6.45, 7) is 0.625. The van der Waals surface area contributed by atoms with Crippen LogP contribution in [0.3, 0.4) is 0 Å². The summed E-state index contributed by atoms with van der Waals surface area (Å²) in [5.74, 6) is 0.527. The molecule has 26 heavy (non-hydrogen) atoms. The van der Waals surface area contributed by atoms with Crippen molar-refractivity contribution in [3.8, 4) is 5.88 Å². The van der Waals surface area contributed by atoms with Crippen LogP contribution in [0.2, 0.25) is 0 Å². The minimum atomic E-state index is -2.21. The third-order valence-corrected chi connectivity index (χ3v) is 4.76. The number of methoxy groups -OCH3 is 1. The zero-order valence-corrected chi connectivity index (χ0v) is 15.2. The molecule has 0 radical (unpaired) electrons. The molecule has 6 nitrogen and oxygen atoms in total. The Morgan fingerprint density at radius 2 is 1.85 bits per heavy atom. The Kier molecular flexibility index (Phi) is 5.32. The second kappa shape index (κ2) is 7.50. The van der Waals surface area contributed by atoms with Gasteiger partial charge in [0.15, 0.2) is 5.65 Å². The summed E-state index contributed by atoms with van der Waals surface area (Å²) in [5, 5.41) is 1.97. The summed E-state index contributed by atoms with van der Waals surface area (Å²) in [6, 6.07) is 12.6. The van der Waals surface area contributed by atoms with Crippen molar-refractivity contribution in [1.82, 2.24) is 14.5 Å². The molecule has 0 saturated carbocycles. The molecule has 4 aromatic rings. The Labute approximate surface area is 164 Å². The Morgan fingerprint density at radius 3 is 2.54 bits per heavy atom. The average Bonchev–Trinajstić information content (AvgIpc) is 3.05. The fourth-order valence-electron chi connectivity index (χ4n) is 2.90. The van der Waals surface area contributed by atoms with Crippen molar-refractivity contribution >= 4 is 32.6 Å². The molecular formula is C18H14LiN3O3S. The minimum Gasteiger partial charge on any atom is -0.481 e. The van der Waals surface area contributed by atoms with Gasteiger partial charge in [-0.3, -0.25) is 0 Å². The standard InChI is InChI=1S/C18H14N3O3S.Li/c1-24-16-7-6-15-17-13(10-19-18(15)20-16)8-9-21(17)11-12-2-4-14(5-3-12)25(22)23;/h2-10H,11H2,1H3;/q-1;+1. The van der Waals surface area contributed by atoms with Crippen LogP contribution < -0.4 is 23.6 Å². The van der Waals surface area contributed by atoms with Crippen molar-refractivity contribution in [1.29, 1.82) is 0 Å². The maximum Gasteiger partial charge on any atom is 1.00 e. The topological polar surface area (TPSA) is 74.1 Å². The molecule has 0 atom stereocenters. The predicted molar refractivity (Wildman–Crippen MR) is 94.1 cm³/mol. The first-order chi connectivity index (χ1) is 12.2. The first-order valence-corrected chi connectivity index (χ1v) is 8.70. The molecule has 0 fully saturated rings. The molecule has 3 heterocycles. The monoisotopic (exact) mass is 359 g/mol. The van der Waals surface area contributed by atoms with E-state index in [1.165, 1.54) is 0 Å². The first-order valence-electron chi connectivity index (χ1n) is 7.62. The van der Waals surface area contributed by atoms with Gasteiger partial charge in [0.1, 0.15) is 0 Å². The van der Waals surface area contributed by atoms with E-state index in [1.807, 2.05) is 36.5 Å². The molecule has 3 aromatic heterocycles. The van der Waals surface area contributed by atoms with Crippen LogP contribution >= 0.6 is 0 Å². The van der Waals surface area contributed by atoms with Crippen molar-refractivity contribution in [2.75, 3.05) is 7.11 Å². The van der Waals surface area contributed by atoms with Gasteiger partial charge in [-0.25, -0.2) is 4.98 Å². The number of hydrogen-bond acceptors (Lipinski definition) is 6. The summed E-state index contributed by atoms with van der Waals surface area (Å²) in [6.07, 6.45) is 3.79. The Hall–Kier alpha value is -2.33. The van der Waals surface area contributed by atoms with Gasteiger partial charge in [0.2, 0.25) is 5.88 Å². The molecule has 0 N–H and O–H groups in total. The molecule has 0 aliphatic heterocycles. The molecule has 8 heteroatoms. The first kappa shape index (κ1) is 18.5. The maximum absolute atomic E-state index is 11.0. The van der Waals surface area contributed by atoms with Crippen molar-refractivity contribution in [3.05, 3.63) is 60.4 Å². The number of rotatable bonds is 4. The number of aromatic nitrogens is 3. The molecule has 0 unspecified atom stereocenters. The van der Waals surface area contributed by atoms with Gasteiger partial charge in [-0.1, -0.05) is 29.2 Å². The van der Waals surface area contributed by atoms with Crippen LogP contribution in [0.5, 0.6) is 5.88 Å². The third-order valence-electron chi connectivity index (χ3n) is 4.10. The van der Waals surface area contributed by atoms with Crippen molar-refractivity contribution in [2.24, 2.45) is 0 Å². The summed E-state index contributed by atoms with van der Waals surface area (Å²) >= 11 is 0. The van der Waals surface area contributed by atoms with E-state index in [4.69, 9.17) is 4.74 Å². The van der Waals surface area contributed by atoms with Crippen LogP contribution in [0.1, 0.15) is 5.56 Å². The predicted octanol–water partition coefficient (Wildman–Crippen LogP) is 0.314. The van der Waals surface area contributed by atoms with E-state index < -0.39 is 10.7 Å². The smallest absolute Gasteiger partial charge is 0.481 e. The number of benzene rings is 1. The number of ether oxygens (including phenoxy) is 1. The van der Waals surface area contributed by atoms with E-state index in [2.05, 4.69) is 14.5 Å². The van der Waals surface area contributed by atoms with Crippen LogP contribution in [-0.2, 0) is 25.7 Å². The van der Waals surface area contributed by atoms with E-state index in [-0.39, 0.29) is 23.8 Å². The van der Waals surface area contributed by atoms with Gasteiger partial charge < -0.3 is 17.7 Å². The van der Waals surface area contributed by atoms with E-state index in [9.17, 15) is 8.42 Å². The minimum absolute atomic E-state index is 0. The van der Waals surface area contributed by atoms with Gasteiger partial charge >= 0.3 is 18.9 Å². The number of nitrogens with zero attached hydrogens (tertiary/aromatic N) is 3. The van der Waals surface area contributed by atoms with Crippen LogP contribution in [0, 0.1) is 0 Å². The van der Waals surface area contributed by atoms with Gasteiger partial charge in [-0.2, -0.15) is 4.98 Å². The van der Waals surface area contributed by atoms with E-state index in [0.717, 1.165) is 21.9 Å². The third kappa shape index (κ3) is 3.34. The fourth-order valence-corrected chi connectivity index (χ4v) is 3.26.